The number of fused-ring (bicyclic) bond motifs is 1. The first-order valence-corrected chi connectivity index (χ1v) is 26.5. The fraction of sp³-hybridized carbons (Fsp3) is 0.462. The molecule has 21 nitrogen and oxygen atoms in total. The molecule has 1 heterocycles. The number of hydrogen-bond acceptors (Lipinski definition) is 15. The summed E-state index contributed by atoms with van der Waals surface area (Å²) in [7, 11) is -0.843. The fourth-order valence-corrected chi connectivity index (χ4v) is 9.56. The number of rotatable bonds is 25. The SMILES string of the molecule is CN(C)c1ccc(N=Nc2ccc(C(=O)NCCCC[C@H](NC(=O)[C@H](CCC(=O)NCCNc3cccc4c(S(=O)(=O)[O-])cccc34)NC(=O)[C@H](CC3CCCCC3)NC(=O)N3CCOCC3)C(=O)[O-])cc2)cc1. The monoisotopic (exact) mass is 1040 g/mol. The average molecular weight is 1040 g/mol. The van der Waals surface area contributed by atoms with Crippen molar-refractivity contribution in [2.45, 2.75) is 93.7 Å². The first kappa shape index (κ1) is 56.1. The van der Waals surface area contributed by atoms with Crippen LogP contribution in [0.3, 0.4) is 0 Å². The Hall–Kier alpha value is -7.17. The fourth-order valence-electron chi connectivity index (χ4n) is 8.86. The van der Waals surface area contributed by atoms with Gasteiger partial charge in [0.1, 0.15) is 22.2 Å². The van der Waals surface area contributed by atoms with Crippen molar-refractivity contribution in [3.05, 3.63) is 90.5 Å². The number of aliphatic carboxylic acids is 1. The number of carboxylic acids is 1. The number of amides is 6. The highest BCUT2D eigenvalue weighted by molar-refractivity contribution is 7.86. The molecular formula is C52H66N10O11S-2. The third-order valence-electron chi connectivity index (χ3n) is 13.0. The van der Waals surface area contributed by atoms with Crippen molar-refractivity contribution < 1.29 is 51.6 Å². The predicted molar refractivity (Wildman–Crippen MR) is 275 cm³/mol. The highest BCUT2D eigenvalue weighted by atomic mass is 32.2. The lowest BCUT2D eigenvalue weighted by atomic mass is 9.84. The number of carboxylic acid groups (broad SMARTS) is 1. The lowest BCUT2D eigenvalue weighted by molar-refractivity contribution is -0.308. The summed E-state index contributed by atoms with van der Waals surface area (Å²) in [6.07, 6.45) is 5.12. The molecule has 6 N–H and O–H groups in total. The zero-order valence-corrected chi connectivity index (χ0v) is 42.6. The molecule has 6 rings (SSSR count). The third kappa shape index (κ3) is 17.2. The number of carbonyl (C=O) groups is 6. The van der Waals surface area contributed by atoms with Gasteiger partial charge in [0.15, 0.2) is 0 Å². The second-order valence-electron chi connectivity index (χ2n) is 18.6. The Morgan fingerprint density at radius 1 is 0.716 bits per heavy atom. The zero-order valence-electron chi connectivity index (χ0n) is 41.8. The molecule has 4 aromatic carbocycles. The molecule has 1 aliphatic carbocycles. The molecule has 2 fully saturated rings. The van der Waals surface area contributed by atoms with Gasteiger partial charge >= 0.3 is 6.03 Å². The van der Waals surface area contributed by atoms with Gasteiger partial charge in [-0.05, 0) is 98.7 Å². The molecule has 0 unspecified atom stereocenters. The Balaban J connectivity index is 1.04. The van der Waals surface area contributed by atoms with Crippen LogP contribution in [0.5, 0.6) is 0 Å². The second kappa shape index (κ2) is 27.8. The summed E-state index contributed by atoms with van der Waals surface area (Å²) >= 11 is 0. The van der Waals surface area contributed by atoms with Gasteiger partial charge in [0.05, 0.1) is 41.5 Å². The molecule has 0 aromatic heterocycles. The Bertz CT molecular complexity index is 2690. The maximum absolute atomic E-state index is 14.2. The molecule has 22 heteroatoms. The third-order valence-corrected chi connectivity index (χ3v) is 13.9. The van der Waals surface area contributed by atoms with E-state index in [-0.39, 0.29) is 67.4 Å². The van der Waals surface area contributed by atoms with Crippen LogP contribution >= 0.6 is 0 Å². The minimum atomic E-state index is -4.73. The largest absolute Gasteiger partial charge is 0.744 e. The summed E-state index contributed by atoms with van der Waals surface area (Å²) in [4.78, 5) is 83.3. The quantitative estimate of drug-likeness (QED) is 0.0308. The second-order valence-corrected chi connectivity index (χ2v) is 20.0. The van der Waals surface area contributed by atoms with Gasteiger partial charge in [-0.3, -0.25) is 19.2 Å². The van der Waals surface area contributed by atoms with E-state index < -0.39 is 58.0 Å². The van der Waals surface area contributed by atoms with Crippen molar-refractivity contribution in [3.8, 4) is 0 Å². The van der Waals surface area contributed by atoms with Gasteiger partial charge in [-0.2, -0.15) is 10.2 Å². The van der Waals surface area contributed by atoms with E-state index in [0.29, 0.717) is 67.2 Å². The number of nitrogens with zero attached hydrogens (tertiary/aromatic N) is 4. The molecular weight excluding hydrogens is 973 g/mol. The van der Waals surface area contributed by atoms with E-state index in [1.165, 1.54) is 18.2 Å². The van der Waals surface area contributed by atoms with Crippen molar-refractivity contribution in [3.63, 3.8) is 0 Å². The van der Waals surface area contributed by atoms with E-state index in [1.807, 2.05) is 43.3 Å². The summed E-state index contributed by atoms with van der Waals surface area (Å²) in [5, 5.41) is 38.4. The number of nitrogens with one attached hydrogen (secondary N) is 6. The van der Waals surface area contributed by atoms with Gasteiger partial charge < -0.3 is 60.9 Å². The maximum Gasteiger partial charge on any atom is 0.318 e. The van der Waals surface area contributed by atoms with Crippen LogP contribution in [0.25, 0.3) is 10.8 Å². The normalized spacial score (nSPS) is 15.4. The molecule has 2 aliphatic rings. The Labute approximate surface area is 431 Å². The van der Waals surface area contributed by atoms with Gasteiger partial charge in [-0.1, -0.05) is 56.4 Å². The van der Waals surface area contributed by atoms with Crippen molar-refractivity contribution >= 4 is 79.3 Å². The van der Waals surface area contributed by atoms with Crippen LogP contribution in [0.15, 0.2) is 100 Å². The number of hydrogen-bond donors (Lipinski definition) is 6. The molecule has 1 aliphatic heterocycles. The number of anilines is 2. The summed E-state index contributed by atoms with van der Waals surface area (Å²) in [6.45, 7) is 1.85. The van der Waals surface area contributed by atoms with Crippen LogP contribution in [0.2, 0.25) is 0 Å². The summed E-state index contributed by atoms with van der Waals surface area (Å²) < 4.78 is 40.9. The van der Waals surface area contributed by atoms with E-state index in [9.17, 15) is 46.8 Å². The summed E-state index contributed by atoms with van der Waals surface area (Å²) in [6, 6.07) is 18.9. The molecule has 0 bridgehead atoms. The number of ether oxygens (including phenoxy) is 1. The zero-order chi connectivity index (χ0) is 53.0. The van der Waals surface area contributed by atoms with Crippen LogP contribution in [0.1, 0.15) is 81.0 Å². The van der Waals surface area contributed by atoms with E-state index >= 15 is 0 Å². The Morgan fingerprint density at radius 3 is 2.01 bits per heavy atom. The lowest BCUT2D eigenvalue weighted by Crippen LogP contribution is -2.58. The highest BCUT2D eigenvalue weighted by Crippen LogP contribution is 2.30. The van der Waals surface area contributed by atoms with E-state index in [1.54, 1.807) is 47.4 Å². The topological polar surface area (TPSA) is 295 Å². The smallest absolute Gasteiger partial charge is 0.318 e. The van der Waals surface area contributed by atoms with Crippen molar-refractivity contribution in [2.75, 3.05) is 70.2 Å². The van der Waals surface area contributed by atoms with E-state index in [2.05, 4.69) is 42.1 Å². The van der Waals surface area contributed by atoms with Crippen LogP contribution in [0, 0.1) is 5.92 Å². The molecule has 4 aromatic rings. The lowest BCUT2D eigenvalue weighted by Gasteiger charge is -2.32. The maximum atomic E-state index is 14.2. The molecule has 3 atom stereocenters. The minimum Gasteiger partial charge on any atom is -0.744 e. The Kier molecular flexibility index (Phi) is 21.1. The number of benzene rings is 4. The van der Waals surface area contributed by atoms with Crippen LogP contribution in [0.4, 0.5) is 27.5 Å². The van der Waals surface area contributed by atoms with Gasteiger partial charge in [0, 0.05) is 81.0 Å². The standard InChI is InChI=1S/C52H68N10O11S/c1-61(2)39-23-21-38(22-24-39)60-59-37-19-17-36(18-20-37)48(64)55-27-7-6-14-44(51(67)68)57-49(65)43(56-50(66)45(34-35-10-4-3-5-11-35)58-52(69)62-30-32-73-33-31-62)25-26-47(63)54-29-28-53-42-15-8-13-41-40(42)12-9-16-46(41)74(70,71)72/h8-9,12-13,15-24,35,43-45,53H,3-7,10-11,14,25-34H2,1-2H3,(H,54,63)(H,55,64)(H,56,66)(H,57,65)(H,58,69)(H,67,68)(H,70,71,72)/p-2/t43-,44-,45-/m0/s1. The highest BCUT2D eigenvalue weighted by Gasteiger charge is 2.32. The number of azo groups is 1. The van der Waals surface area contributed by atoms with E-state index in [0.717, 1.165) is 37.8 Å². The molecule has 1 saturated carbocycles. The number of unbranched alkanes of at least 4 members (excludes halogenated alkanes) is 1. The van der Waals surface area contributed by atoms with Crippen LogP contribution < -0.4 is 41.9 Å². The van der Waals surface area contributed by atoms with E-state index in [4.69, 9.17) is 4.74 Å². The number of carbonyl (C=O) groups excluding carboxylic acids is 6. The average Bonchev–Trinajstić information content (AvgIpc) is 3.39. The first-order valence-electron chi connectivity index (χ1n) is 25.1. The van der Waals surface area contributed by atoms with Crippen LogP contribution in [-0.2, 0) is 34.0 Å². The van der Waals surface area contributed by atoms with Crippen molar-refractivity contribution in [1.82, 2.24) is 31.5 Å². The number of morpholine rings is 1. The molecule has 1 saturated heterocycles. The van der Waals surface area contributed by atoms with Crippen LogP contribution in [-0.4, -0.2) is 132 Å². The predicted octanol–water partition coefficient (Wildman–Crippen LogP) is 4.23. The van der Waals surface area contributed by atoms with Gasteiger partial charge in [-0.15, -0.1) is 0 Å². The van der Waals surface area contributed by atoms with Crippen molar-refractivity contribution in [2.24, 2.45) is 16.1 Å². The van der Waals surface area contributed by atoms with Crippen molar-refractivity contribution in [1.29, 1.82) is 0 Å². The van der Waals surface area contributed by atoms with Gasteiger partial charge in [0.2, 0.25) is 17.7 Å². The number of urea groups is 1. The molecule has 0 spiro atoms. The summed E-state index contributed by atoms with van der Waals surface area (Å²) in [5.74, 6) is -3.79. The van der Waals surface area contributed by atoms with Gasteiger partial charge in [-0.25, -0.2) is 13.2 Å². The molecule has 398 valence electrons. The first-order chi connectivity index (χ1) is 35.5. The molecule has 74 heavy (non-hydrogen) atoms. The Morgan fingerprint density at radius 2 is 1.35 bits per heavy atom. The summed E-state index contributed by atoms with van der Waals surface area (Å²) in [5.41, 5.74) is 3.17. The molecule has 0 radical (unpaired) electrons. The molecule has 6 amide bonds. The minimum absolute atomic E-state index is 0.0692. The van der Waals surface area contributed by atoms with Gasteiger partial charge in [0.25, 0.3) is 5.91 Å².